The Hall–Kier alpha value is -1.52. The smallest absolute Gasteiger partial charge is 0.357 e. The summed E-state index contributed by atoms with van der Waals surface area (Å²) < 4.78 is 5.11. The van der Waals surface area contributed by atoms with E-state index in [1.54, 1.807) is 0 Å². The predicted molar refractivity (Wildman–Crippen MR) is 56.2 cm³/mol. The molecule has 1 rings (SSSR count). The van der Waals surface area contributed by atoms with E-state index in [0.29, 0.717) is 6.01 Å². The molecular weight excluding hydrogens is 196 g/mol. The molecule has 0 atom stereocenters. The molecular formula is C10H16N2O3. The van der Waals surface area contributed by atoms with Crippen LogP contribution in [0.1, 0.15) is 37.7 Å². The van der Waals surface area contributed by atoms with Crippen molar-refractivity contribution in [2.75, 3.05) is 11.9 Å². The highest BCUT2D eigenvalue weighted by atomic mass is 16.4. The molecule has 0 fully saturated rings. The normalized spacial score (nSPS) is 11.5. The molecule has 0 saturated carbocycles. The summed E-state index contributed by atoms with van der Waals surface area (Å²) in [5.74, 6) is -1.08. The van der Waals surface area contributed by atoms with Crippen LogP contribution in [-0.4, -0.2) is 28.6 Å². The molecule has 0 amide bonds. The molecule has 1 heterocycles. The molecule has 0 aliphatic rings. The Morgan fingerprint density at radius 1 is 1.67 bits per heavy atom. The van der Waals surface area contributed by atoms with Crippen LogP contribution in [0.4, 0.5) is 6.01 Å². The van der Waals surface area contributed by atoms with Crippen LogP contribution in [0.25, 0.3) is 0 Å². The van der Waals surface area contributed by atoms with Crippen molar-refractivity contribution < 1.29 is 14.3 Å². The highest BCUT2D eigenvalue weighted by Gasteiger charge is 2.25. The first kappa shape index (κ1) is 11.6. The van der Waals surface area contributed by atoms with Crippen molar-refractivity contribution in [2.45, 2.75) is 32.7 Å². The highest BCUT2D eigenvalue weighted by Crippen LogP contribution is 2.23. The molecule has 1 N–H and O–H groups in total. The van der Waals surface area contributed by atoms with Crippen molar-refractivity contribution in [2.24, 2.45) is 0 Å². The van der Waals surface area contributed by atoms with Crippen molar-refractivity contribution >= 4 is 12.0 Å². The highest BCUT2D eigenvalue weighted by molar-refractivity contribution is 5.85. The van der Waals surface area contributed by atoms with E-state index in [1.165, 1.54) is 0 Å². The fourth-order valence-corrected chi connectivity index (χ4v) is 1.01. The summed E-state index contributed by atoms with van der Waals surface area (Å²) in [6, 6.07) is 0.333. The lowest BCUT2D eigenvalue weighted by Crippen LogP contribution is -2.40. The Bertz CT molecular complexity index is 357. The number of anilines is 1. The van der Waals surface area contributed by atoms with Crippen molar-refractivity contribution in [1.82, 2.24) is 4.98 Å². The SMILES string of the molecule is CCC(C)(C)N(C)c1nc(C(=O)O)co1. The number of carboxylic acid groups (broad SMARTS) is 1. The van der Waals surface area contributed by atoms with E-state index in [-0.39, 0.29) is 11.2 Å². The summed E-state index contributed by atoms with van der Waals surface area (Å²) in [5, 5.41) is 8.70. The van der Waals surface area contributed by atoms with Crippen LogP contribution < -0.4 is 4.90 Å². The largest absolute Gasteiger partial charge is 0.476 e. The molecule has 0 aliphatic carbocycles. The van der Waals surface area contributed by atoms with E-state index in [9.17, 15) is 4.79 Å². The Morgan fingerprint density at radius 2 is 2.27 bits per heavy atom. The van der Waals surface area contributed by atoms with Crippen molar-refractivity contribution in [3.05, 3.63) is 12.0 Å². The van der Waals surface area contributed by atoms with Crippen LogP contribution in [0.3, 0.4) is 0 Å². The number of hydrogen-bond donors (Lipinski definition) is 1. The standard InChI is InChI=1S/C10H16N2O3/c1-5-10(2,3)12(4)9-11-7(6-15-9)8(13)14/h6H,5H2,1-4H3,(H,13,14). The molecule has 0 aliphatic heterocycles. The summed E-state index contributed by atoms with van der Waals surface area (Å²) in [6.45, 7) is 6.13. The predicted octanol–water partition coefficient (Wildman–Crippen LogP) is 2.00. The maximum absolute atomic E-state index is 10.6. The zero-order valence-electron chi connectivity index (χ0n) is 9.44. The first-order chi connectivity index (χ1) is 6.88. The van der Waals surface area contributed by atoms with Crippen molar-refractivity contribution in [3.63, 3.8) is 0 Å². The fourth-order valence-electron chi connectivity index (χ4n) is 1.01. The second-order valence-electron chi connectivity index (χ2n) is 4.05. The molecule has 0 radical (unpaired) electrons. The van der Waals surface area contributed by atoms with Gasteiger partial charge in [0.1, 0.15) is 6.26 Å². The molecule has 0 unspecified atom stereocenters. The topological polar surface area (TPSA) is 66.6 Å². The maximum atomic E-state index is 10.6. The molecule has 1 aromatic rings. The third-order valence-corrected chi connectivity index (χ3v) is 2.77. The van der Waals surface area contributed by atoms with Crippen molar-refractivity contribution in [3.8, 4) is 0 Å². The average molecular weight is 212 g/mol. The van der Waals surface area contributed by atoms with E-state index in [2.05, 4.69) is 11.9 Å². The minimum atomic E-state index is -1.08. The van der Waals surface area contributed by atoms with E-state index in [4.69, 9.17) is 9.52 Å². The molecule has 0 aromatic carbocycles. The van der Waals surface area contributed by atoms with Gasteiger partial charge in [-0.25, -0.2) is 4.79 Å². The second kappa shape index (κ2) is 3.92. The van der Waals surface area contributed by atoms with Crippen LogP contribution in [0.2, 0.25) is 0 Å². The fraction of sp³-hybridized carbons (Fsp3) is 0.600. The zero-order chi connectivity index (χ0) is 11.6. The summed E-state index contributed by atoms with van der Waals surface area (Å²) in [7, 11) is 1.83. The number of carboxylic acids is 1. The lowest BCUT2D eigenvalue weighted by Gasteiger charge is -2.33. The molecule has 0 saturated heterocycles. The van der Waals surface area contributed by atoms with Gasteiger partial charge in [-0.05, 0) is 20.3 Å². The van der Waals surface area contributed by atoms with Gasteiger partial charge in [-0.1, -0.05) is 6.92 Å². The third-order valence-electron chi connectivity index (χ3n) is 2.77. The molecule has 0 spiro atoms. The lowest BCUT2D eigenvalue weighted by atomic mass is 10.0. The van der Waals surface area contributed by atoms with Gasteiger partial charge < -0.3 is 14.4 Å². The Morgan fingerprint density at radius 3 is 2.67 bits per heavy atom. The van der Waals surface area contributed by atoms with Gasteiger partial charge in [-0.3, -0.25) is 0 Å². The number of hydrogen-bond acceptors (Lipinski definition) is 4. The van der Waals surface area contributed by atoms with E-state index < -0.39 is 5.97 Å². The molecule has 0 bridgehead atoms. The Kier molecular flexibility index (Phi) is 3.02. The number of nitrogens with zero attached hydrogens (tertiary/aromatic N) is 2. The minimum Gasteiger partial charge on any atom is -0.476 e. The molecule has 5 nitrogen and oxygen atoms in total. The van der Waals surface area contributed by atoms with Gasteiger partial charge in [0, 0.05) is 12.6 Å². The van der Waals surface area contributed by atoms with Gasteiger partial charge in [-0.15, -0.1) is 0 Å². The third kappa shape index (κ3) is 2.29. The van der Waals surface area contributed by atoms with Gasteiger partial charge in [0.05, 0.1) is 0 Å². The van der Waals surface area contributed by atoms with Gasteiger partial charge in [0.15, 0.2) is 5.69 Å². The summed E-state index contributed by atoms with van der Waals surface area (Å²) in [6.07, 6.45) is 2.06. The van der Waals surface area contributed by atoms with Crippen LogP contribution in [0.15, 0.2) is 10.7 Å². The maximum Gasteiger partial charge on any atom is 0.357 e. The van der Waals surface area contributed by atoms with E-state index in [0.717, 1.165) is 12.7 Å². The molecule has 15 heavy (non-hydrogen) atoms. The zero-order valence-corrected chi connectivity index (χ0v) is 9.44. The monoisotopic (exact) mass is 212 g/mol. The Balaban J connectivity index is 2.92. The average Bonchev–Trinajstić information content (AvgIpc) is 2.65. The van der Waals surface area contributed by atoms with E-state index >= 15 is 0 Å². The number of oxazole rings is 1. The lowest BCUT2D eigenvalue weighted by molar-refractivity contribution is 0.0690. The van der Waals surface area contributed by atoms with Crippen molar-refractivity contribution in [1.29, 1.82) is 0 Å². The van der Waals surface area contributed by atoms with Gasteiger partial charge in [0.25, 0.3) is 6.01 Å². The van der Waals surface area contributed by atoms with Gasteiger partial charge in [0.2, 0.25) is 0 Å². The first-order valence-corrected chi connectivity index (χ1v) is 4.81. The first-order valence-electron chi connectivity index (χ1n) is 4.81. The van der Waals surface area contributed by atoms with Crippen LogP contribution in [0.5, 0.6) is 0 Å². The van der Waals surface area contributed by atoms with Crippen LogP contribution in [-0.2, 0) is 0 Å². The molecule has 5 heteroatoms. The number of aromatic carboxylic acids is 1. The Labute approximate surface area is 88.7 Å². The second-order valence-corrected chi connectivity index (χ2v) is 4.05. The molecule has 1 aromatic heterocycles. The van der Waals surface area contributed by atoms with E-state index in [1.807, 2.05) is 25.8 Å². The molecule has 84 valence electrons. The summed E-state index contributed by atoms with van der Waals surface area (Å²) in [5.41, 5.74) is -0.176. The number of aromatic nitrogens is 1. The van der Waals surface area contributed by atoms with Crippen LogP contribution in [0, 0.1) is 0 Å². The van der Waals surface area contributed by atoms with Crippen LogP contribution >= 0.6 is 0 Å². The quantitative estimate of drug-likeness (QED) is 0.826. The summed E-state index contributed by atoms with van der Waals surface area (Å²) in [4.78, 5) is 16.3. The number of rotatable bonds is 4. The van der Waals surface area contributed by atoms with Gasteiger partial charge in [-0.2, -0.15) is 4.98 Å². The summed E-state index contributed by atoms with van der Waals surface area (Å²) >= 11 is 0. The minimum absolute atomic E-state index is 0.0660. The van der Waals surface area contributed by atoms with Gasteiger partial charge >= 0.3 is 5.97 Å². The number of carbonyl (C=O) groups is 1.